The lowest BCUT2D eigenvalue weighted by Gasteiger charge is -2.16. The van der Waals surface area contributed by atoms with Gasteiger partial charge in [0.15, 0.2) is 5.82 Å². The number of carboxylic acid groups (broad SMARTS) is 1. The van der Waals surface area contributed by atoms with E-state index in [0.29, 0.717) is 34.5 Å². The predicted molar refractivity (Wildman–Crippen MR) is 125 cm³/mol. The quantitative estimate of drug-likeness (QED) is 0.422. The summed E-state index contributed by atoms with van der Waals surface area (Å²) in [4.78, 5) is 35.1. The summed E-state index contributed by atoms with van der Waals surface area (Å²) < 4.78 is 30.8. The van der Waals surface area contributed by atoms with Crippen LogP contribution in [0.25, 0.3) is 22.6 Å². The Morgan fingerprint density at radius 3 is 2.63 bits per heavy atom. The van der Waals surface area contributed by atoms with Crippen molar-refractivity contribution in [3.05, 3.63) is 89.2 Å². The van der Waals surface area contributed by atoms with Gasteiger partial charge in [-0.05, 0) is 55.3 Å². The zero-order valence-corrected chi connectivity index (χ0v) is 18.9. The van der Waals surface area contributed by atoms with Gasteiger partial charge in [0.05, 0.1) is 12.1 Å². The van der Waals surface area contributed by atoms with Crippen molar-refractivity contribution in [1.82, 2.24) is 14.5 Å². The molecular formula is C26H20F2N4O3. The first-order chi connectivity index (χ1) is 16.7. The van der Waals surface area contributed by atoms with Gasteiger partial charge in [-0.15, -0.1) is 0 Å². The van der Waals surface area contributed by atoms with Crippen molar-refractivity contribution >= 4 is 17.7 Å². The fourth-order valence-electron chi connectivity index (χ4n) is 4.23. The molecule has 2 aromatic heterocycles. The smallest absolute Gasteiger partial charge is 0.338 e. The molecule has 0 aliphatic carbocycles. The summed E-state index contributed by atoms with van der Waals surface area (Å²) in [6, 6.07) is 11.7. The number of anilines is 1. The van der Waals surface area contributed by atoms with Gasteiger partial charge in [0, 0.05) is 29.6 Å². The number of pyridine rings is 1. The van der Waals surface area contributed by atoms with E-state index in [0.717, 1.165) is 6.07 Å². The Labute approximate surface area is 199 Å². The lowest BCUT2D eigenvalue weighted by molar-refractivity contribution is 0.0691. The lowest BCUT2D eigenvalue weighted by Crippen LogP contribution is -2.24. The highest BCUT2D eigenvalue weighted by Gasteiger charge is 2.30. The number of carboxylic acids is 1. The van der Waals surface area contributed by atoms with Gasteiger partial charge in [0.25, 0.3) is 5.91 Å². The van der Waals surface area contributed by atoms with Crippen LogP contribution in [0.2, 0.25) is 0 Å². The van der Waals surface area contributed by atoms with Crippen molar-refractivity contribution in [2.75, 3.05) is 4.90 Å². The van der Waals surface area contributed by atoms with Crippen LogP contribution in [0.15, 0.2) is 60.9 Å². The van der Waals surface area contributed by atoms with Crippen molar-refractivity contribution in [2.24, 2.45) is 0 Å². The molecule has 0 saturated carbocycles. The van der Waals surface area contributed by atoms with Crippen LogP contribution in [-0.2, 0) is 6.54 Å². The molecule has 176 valence electrons. The summed E-state index contributed by atoms with van der Waals surface area (Å²) in [5.74, 6) is -2.73. The number of amides is 1. The fraction of sp³-hybridized carbons (Fsp3) is 0.154. The second-order valence-electron chi connectivity index (χ2n) is 8.52. The summed E-state index contributed by atoms with van der Waals surface area (Å²) in [7, 11) is 0. The molecule has 0 bridgehead atoms. The second-order valence-corrected chi connectivity index (χ2v) is 8.52. The van der Waals surface area contributed by atoms with E-state index in [9.17, 15) is 23.5 Å². The Morgan fingerprint density at radius 1 is 1.09 bits per heavy atom. The fourth-order valence-corrected chi connectivity index (χ4v) is 4.23. The van der Waals surface area contributed by atoms with Gasteiger partial charge in [-0.2, -0.15) is 0 Å². The number of aromatic nitrogens is 3. The van der Waals surface area contributed by atoms with Gasteiger partial charge in [-0.3, -0.25) is 9.69 Å². The van der Waals surface area contributed by atoms with Crippen molar-refractivity contribution in [2.45, 2.75) is 26.4 Å². The van der Waals surface area contributed by atoms with Gasteiger partial charge in [-0.25, -0.2) is 23.5 Å². The van der Waals surface area contributed by atoms with Crippen LogP contribution in [0, 0.1) is 11.6 Å². The van der Waals surface area contributed by atoms with Gasteiger partial charge in [0.2, 0.25) is 0 Å². The first-order valence-electron chi connectivity index (χ1n) is 10.9. The van der Waals surface area contributed by atoms with Crippen molar-refractivity contribution in [3.8, 4) is 22.6 Å². The zero-order valence-electron chi connectivity index (χ0n) is 18.9. The monoisotopic (exact) mass is 474 g/mol. The Kier molecular flexibility index (Phi) is 5.39. The molecule has 0 fully saturated rings. The largest absolute Gasteiger partial charge is 0.478 e. The van der Waals surface area contributed by atoms with E-state index in [-0.39, 0.29) is 29.6 Å². The van der Waals surface area contributed by atoms with Gasteiger partial charge in [-0.1, -0.05) is 18.2 Å². The number of fused-ring (bicyclic) bond motifs is 1. The van der Waals surface area contributed by atoms with E-state index >= 15 is 0 Å². The SMILES string of the molecule is CC(C)n1ccnc1-c1cccc(N2Cc3ccc(-c4cc(F)cc(C(=O)O)c4F)cc3C2=O)n1. The van der Waals surface area contributed by atoms with Gasteiger partial charge < -0.3 is 9.67 Å². The highest BCUT2D eigenvalue weighted by molar-refractivity contribution is 6.10. The minimum absolute atomic E-state index is 0.180. The molecule has 4 aromatic rings. The lowest BCUT2D eigenvalue weighted by atomic mass is 9.98. The van der Waals surface area contributed by atoms with Crippen LogP contribution < -0.4 is 4.90 Å². The molecule has 0 radical (unpaired) electrons. The minimum atomic E-state index is -1.57. The third-order valence-electron chi connectivity index (χ3n) is 5.96. The highest BCUT2D eigenvalue weighted by Crippen LogP contribution is 2.34. The average molecular weight is 474 g/mol. The maximum absolute atomic E-state index is 14.8. The number of aromatic carboxylic acids is 1. The number of rotatable bonds is 5. The van der Waals surface area contributed by atoms with Crippen LogP contribution in [0.4, 0.5) is 14.6 Å². The number of carbonyl (C=O) groups is 2. The van der Waals surface area contributed by atoms with Crippen LogP contribution in [-0.4, -0.2) is 31.5 Å². The number of halogens is 2. The Hall–Kier alpha value is -4.40. The van der Waals surface area contributed by atoms with E-state index in [1.165, 1.54) is 11.0 Å². The maximum atomic E-state index is 14.8. The first kappa shape index (κ1) is 22.4. The standard InChI is InChI=1S/C26H20F2N4O3/c1-14(2)31-9-8-29-24(31)21-4-3-5-22(30-21)32-13-16-7-6-15(10-19(16)25(32)33)18-11-17(27)12-20(23(18)28)26(34)35/h3-12,14H,13H2,1-2H3,(H,34,35). The van der Waals surface area contributed by atoms with Gasteiger partial charge >= 0.3 is 5.97 Å². The second kappa shape index (κ2) is 8.43. The van der Waals surface area contributed by atoms with Crippen molar-refractivity contribution in [1.29, 1.82) is 0 Å². The number of carbonyl (C=O) groups excluding carboxylic acids is 1. The minimum Gasteiger partial charge on any atom is -0.478 e. The molecular weight excluding hydrogens is 454 g/mol. The van der Waals surface area contributed by atoms with E-state index in [1.807, 2.05) is 30.7 Å². The summed E-state index contributed by atoms with van der Waals surface area (Å²) >= 11 is 0. The molecule has 1 aliphatic rings. The number of hydrogen-bond donors (Lipinski definition) is 1. The number of benzene rings is 2. The normalized spacial score (nSPS) is 12.9. The molecule has 5 rings (SSSR count). The molecule has 0 spiro atoms. The summed E-state index contributed by atoms with van der Waals surface area (Å²) in [5.41, 5.74) is 0.850. The maximum Gasteiger partial charge on any atom is 0.338 e. The van der Waals surface area contributed by atoms with E-state index < -0.39 is 23.2 Å². The molecule has 0 atom stereocenters. The number of hydrogen-bond acceptors (Lipinski definition) is 4. The first-order valence-corrected chi connectivity index (χ1v) is 10.9. The van der Waals surface area contributed by atoms with Crippen LogP contribution in [0.3, 0.4) is 0 Å². The van der Waals surface area contributed by atoms with E-state index in [1.54, 1.807) is 30.5 Å². The Morgan fingerprint density at radius 2 is 1.89 bits per heavy atom. The molecule has 35 heavy (non-hydrogen) atoms. The molecule has 9 heteroatoms. The van der Waals surface area contributed by atoms with Crippen molar-refractivity contribution < 1.29 is 23.5 Å². The molecule has 1 N–H and O–H groups in total. The topological polar surface area (TPSA) is 88.3 Å². The van der Waals surface area contributed by atoms with Crippen molar-refractivity contribution in [3.63, 3.8) is 0 Å². The van der Waals surface area contributed by atoms with Crippen LogP contribution in [0.5, 0.6) is 0 Å². The van der Waals surface area contributed by atoms with Crippen LogP contribution >= 0.6 is 0 Å². The van der Waals surface area contributed by atoms with E-state index in [2.05, 4.69) is 9.97 Å². The Balaban J connectivity index is 1.50. The zero-order chi connectivity index (χ0) is 24.9. The number of nitrogens with zero attached hydrogens (tertiary/aromatic N) is 4. The highest BCUT2D eigenvalue weighted by atomic mass is 19.1. The summed E-state index contributed by atoms with van der Waals surface area (Å²) in [6.07, 6.45) is 3.57. The molecule has 1 aliphatic heterocycles. The molecule has 3 heterocycles. The molecule has 2 aromatic carbocycles. The molecule has 7 nitrogen and oxygen atoms in total. The van der Waals surface area contributed by atoms with Crippen LogP contribution in [0.1, 0.15) is 46.2 Å². The van der Waals surface area contributed by atoms with Gasteiger partial charge in [0.1, 0.15) is 23.1 Å². The molecule has 0 unspecified atom stereocenters. The Bertz CT molecular complexity index is 1500. The number of imidazole rings is 1. The van der Waals surface area contributed by atoms with E-state index in [4.69, 9.17) is 0 Å². The molecule has 1 amide bonds. The third kappa shape index (κ3) is 3.84. The summed E-state index contributed by atoms with van der Waals surface area (Å²) in [5, 5.41) is 9.18. The predicted octanol–water partition coefficient (Wildman–Crippen LogP) is 5.33. The average Bonchev–Trinajstić information content (AvgIpc) is 3.45. The summed E-state index contributed by atoms with van der Waals surface area (Å²) in [6.45, 7) is 4.33. The third-order valence-corrected chi connectivity index (χ3v) is 5.96. The molecule has 0 saturated heterocycles.